The van der Waals surface area contributed by atoms with Crippen molar-refractivity contribution >= 4 is 0 Å². The first-order valence-corrected chi connectivity index (χ1v) is 6.91. The zero-order valence-electron chi connectivity index (χ0n) is 11.5. The first-order valence-electron chi connectivity index (χ1n) is 6.91. The molecule has 0 saturated carbocycles. The van der Waals surface area contributed by atoms with Crippen LogP contribution >= 0.6 is 0 Å². The Morgan fingerprint density at radius 2 is 2.22 bits per heavy atom. The molecule has 1 saturated heterocycles. The smallest absolute Gasteiger partial charge is 0.248 e. The Kier molecular flexibility index (Phi) is 4.35. The van der Waals surface area contributed by atoms with Gasteiger partial charge in [-0.2, -0.15) is 0 Å². The van der Waals surface area contributed by atoms with Gasteiger partial charge in [-0.1, -0.05) is 13.8 Å². The van der Waals surface area contributed by atoms with E-state index in [4.69, 9.17) is 9.15 Å². The van der Waals surface area contributed by atoms with Crippen molar-refractivity contribution in [2.45, 2.75) is 58.1 Å². The van der Waals surface area contributed by atoms with E-state index in [-0.39, 0.29) is 11.6 Å². The van der Waals surface area contributed by atoms with Crippen LogP contribution in [-0.2, 0) is 10.3 Å². The van der Waals surface area contributed by atoms with Gasteiger partial charge in [-0.25, -0.2) is 0 Å². The van der Waals surface area contributed by atoms with Crippen LogP contribution in [0.5, 0.6) is 0 Å². The SMILES string of the molecule is CCCNC(CC)c1nnc(C2(C)CCCO2)o1. The molecule has 2 atom stereocenters. The summed E-state index contributed by atoms with van der Waals surface area (Å²) < 4.78 is 11.5. The van der Waals surface area contributed by atoms with E-state index in [2.05, 4.69) is 29.4 Å². The van der Waals surface area contributed by atoms with Gasteiger partial charge >= 0.3 is 0 Å². The predicted molar refractivity (Wildman–Crippen MR) is 68.2 cm³/mol. The summed E-state index contributed by atoms with van der Waals surface area (Å²) >= 11 is 0. The van der Waals surface area contributed by atoms with Gasteiger partial charge in [0.15, 0.2) is 0 Å². The maximum absolute atomic E-state index is 5.81. The summed E-state index contributed by atoms with van der Waals surface area (Å²) in [6, 6.07) is 0.149. The molecule has 0 bridgehead atoms. The number of nitrogens with zero attached hydrogens (tertiary/aromatic N) is 2. The zero-order chi connectivity index (χ0) is 13.0. The molecule has 5 heteroatoms. The maximum Gasteiger partial charge on any atom is 0.248 e. The number of hydrogen-bond acceptors (Lipinski definition) is 5. The Morgan fingerprint density at radius 1 is 1.39 bits per heavy atom. The Hall–Kier alpha value is -0.940. The molecule has 2 rings (SSSR count). The predicted octanol–water partition coefficient (Wildman–Crippen LogP) is 2.55. The summed E-state index contributed by atoms with van der Waals surface area (Å²) in [4.78, 5) is 0. The summed E-state index contributed by atoms with van der Waals surface area (Å²) in [7, 11) is 0. The van der Waals surface area contributed by atoms with Crippen LogP contribution in [0.2, 0.25) is 0 Å². The normalized spacial score (nSPS) is 25.5. The van der Waals surface area contributed by atoms with Gasteiger partial charge in [0.25, 0.3) is 0 Å². The molecule has 0 spiro atoms. The van der Waals surface area contributed by atoms with E-state index in [1.165, 1.54) is 0 Å². The Morgan fingerprint density at radius 3 is 2.83 bits per heavy atom. The fraction of sp³-hybridized carbons (Fsp3) is 0.846. The van der Waals surface area contributed by atoms with Gasteiger partial charge in [-0.05, 0) is 39.2 Å². The molecule has 5 nitrogen and oxygen atoms in total. The first kappa shape index (κ1) is 13.5. The molecule has 1 N–H and O–H groups in total. The second-order valence-electron chi connectivity index (χ2n) is 5.04. The van der Waals surface area contributed by atoms with Gasteiger partial charge < -0.3 is 14.5 Å². The van der Waals surface area contributed by atoms with Crippen molar-refractivity contribution in [3.05, 3.63) is 11.8 Å². The van der Waals surface area contributed by atoms with E-state index < -0.39 is 0 Å². The molecule has 0 radical (unpaired) electrons. The van der Waals surface area contributed by atoms with Crippen LogP contribution < -0.4 is 5.32 Å². The highest BCUT2D eigenvalue weighted by atomic mass is 16.5. The minimum absolute atomic E-state index is 0.149. The third-order valence-electron chi connectivity index (χ3n) is 3.46. The van der Waals surface area contributed by atoms with Gasteiger partial charge in [-0.15, -0.1) is 10.2 Å². The summed E-state index contributed by atoms with van der Waals surface area (Å²) in [5.74, 6) is 1.30. The first-order chi connectivity index (χ1) is 8.69. The molecule has 1 fully saturated rings. The Labute approximate surface area is 108 Å². The molecular formula is C13H23N3O2. The lowest BCUT2D eigenvalue weighted by molar-refractivity contribution is -0.00653. The van der Waals surface area contributed by atoms with Gasteiger partial charge in [0, 0.05) is 6.61 Å². The summed E-state index contributed by atoms with van der Waals surface area (Å²) in [5, 5.41) is 11.8. The third kappa shape index (κ3) is 2.72. The van der Waals surface area contributed by atoms with Crippen LogP contribution in [0, 0.1) is 0 Å². The summed E-state index contributed by atoms with van der Waals surface area (Å²) in [6.07, 6.45) is 4.05. The second kappa shape index (κ2) is 5.80. The van der Waals surface area contributed by atoms with Gasteiger partial charge in [0.2, 0.25) is 11.8 Å². The molecule has 1 aromatic rings. The average Bonchev–Trinajstić information content (AvgIpc) is 3.00. The quantitative estimate of drug-likeness (QED) is 0.844. The third-order valence-corrected chi connectivity index (χ3v) is 3.46. The molecule has 0 amide bonds. The molecule has 1 aliphatic heterocycles. The van der Waals surface area contributed by atoms with Crippen molar-refractivity contribution in [2.75, 3.05) is 13.2 Å². The molecule has 102 valence electrons. The lowest BCUT2D eigenvalue weighted by Crippen LogP contribution is -2.22. The van der Waals surface area contributed by atoms with Crippen LogP contribution in [0.1, 0.15) is 64.3 Å². The van der Waals surface area contributed by atoms with E-state index >= 15 is 0 Å². The fourth-order valence-corrected chi connectivity index (χ4v) is 2.26. The van der Waals surface area contributed by atoms with Crippen LogP contribution in [0.15, 0.2) is 4.42 Å². The van der Waals surface area contributed by atoms with E-state index in [0.717, 1.165) is 38.8 Å². The highest BCUT2D eigenvalue weighted by Crippen LogP contribution is 2.35. The lowest BCUT2D eigenvalue weighted by Gasteiger charge is -2.18. The summed E-state index contributed by atoms with van der Waals surface area (Å²) in [5.41, 5.74) is -0.381. The number of hydrogen-bond donors (Lipinski definition) is 1. The van der Waals surface area contributed by atoms with E-state index in [9.17, 15) is 0 Å². The maximum atomic E-state index is 5.81. The topological polar surface area (TPSA) is 60.2 Å². The van der Waals surface area contributed by atoms with E-state index in [1.807, 2.05) is 6.92 Å². The van der Waals surface area contributed by atoms with Crippen molar-refractivity contribution in [2.24, 2.45) is 0 Å². The minimum Gasteiger partial charge on any atom is -0.420 e. The molecule has 1 aromatic heterocycles. The Balaban J connectivity index is 2.08. The fourth-order valence-electron chi connectivity index (χ4n) is 2.26. The molecule has 0 aliphatic carbocycles. The highest BCUT2D eigenvalue weighted by molar-refractivity contribution is 5.00. The van der Waals surface area contributed by atoms with Crippen molar-refractivity contribution in [1.82, 2.24) is 15.5 Å². The summed E-state index contributed by atoms with van der Waals surface area (Å²) in [6.45, 7) is 8.03. The van der Waals surface area contributed by atoms with Crippen LogP contribution in [0.4, 0.5) is 0 Å². The van der Waals surface area contributed by atoms with Gasteiger partial charge in [-0.3, -0.25) is 0 Å². The second-order valence-corrected chi connectivity index (χ2v) is 5.04. The monoisotopic (exact) mass is 253 g/mol. The van der Waals surface area contributed by atoms with E-state index in [0.29, 0.717) is 11.8 Å². The minimum atomic E-state index is -0.381. The molecule has 0 aromatic carbocycles. The van der Waals surface area contributed by atoms with Gasteiger partial charge in [0.05, 0.1) is 6.04 Å². The van der Waals surface area contributed by atoms with E-state index in [1.54, 1.807) is 0 Å². The lowest BCUT2D eigenvalue weighted by atomic mass is 10.0. The average molecular weight is 253 g/mol. The van der Waals surface area contributed by atoms with Crippen molar-refractivity contribution in [1.29, 1.82) is 0 Å². The van der Waals surface area contributed by atoms with Crippen molar-refractivity contribution < 1.29 is 9.15 Å². The standard InChI is InChI=1S/C13H23N3O2/c1-4-8-14-10(5-2)11-15-16-12(18-11)13(3)7-6-9-17-13/h10,14H,4-9H2,1-3H3. The number of ether oxygens (including phenoxy) is 1. The molecule has 18 heavy (non-hydrogen) atoms. The number of aromatic nitrogens is 2. The number of nitrogens with one attached hydrogen (secondary N) is 1. The van der Waals surface area contributed by atoms with Gasteiger partial charge in [0.1, 0.15) is 5.60 Å². The molecule has 2 heterocycles. The molecule has 1 aliphatic rings. The van der Waals surface area contributed by atoms with Crippen LogP contribution in [0.25, 0.3) is 0 Å². The van der Waals surface area contributed by atoms with Crippen LogP contribution in [-0.4, -0.2) is 23.3 Å². The van der Waals surface area contributed by atoms with Crippen molar-refractivity contribution in [3.63, 3.8) is 0 Å². The zero-order valence-corrected chi connectivity index (χ0v) is 11.5. The number of rotatable bonds is 6. The Bertz CT molecular complexity index is 372. The van der Waals surface area contributed by atoms with Crippen molar-refractivity contribution in [3.8, 4) is 0 Å². The molecular weight excluding hydrogens is 230 g/mol. The van der Waals surface area contributed by atoms with Crippen LogP contribution in [0.3, 0.4) is 0 Å². The molecule has 2 unspecified atom stereocenters. The largest absolute Gasteiger partial charge is 0.420 e. The highest BCUT2D eigenvalue weighted by Gasteiger charge is 2.37.